The van der Waals surface area contributed by atoms with Crippen LogP contribution < -0.4 is 20.0 Å². The summed E-state index contributed by atoms with van der Waals surface area (Å²) >= 11 is 0. The molecule has 1 atom stereocenters. The zero-order chi connectivity index (χ0) is 24.9. The molecule has 2 heterocycles. The number of amides is 1. The highest BCUT2D eigenvalue weighted by molar-refractivity contribution is 5.85. The predicted molar refractivity (Wildman–Crippen MR) is 126 cm³/mol. The molecule has 0 aliphatic carbocycles. The minimum atomic E-state index is -1.11. The number of fused-ring (bicyclic) bond motifs is 1. The van der Waals surface area contributed by atoms with Gasteiger partial charge in [0, 0.05) is 11.2 Å². The summed E-state index contributed by atoms with van der Waals surface area (Å²) in [5.41, 5.74) is 1.91. The maximum Gasteiger partial charge on any atom is 0.326 e. The van der Waals surface area contributed by atoms with Crippen LogP contribution in [0.4, 0.5) is 0 Å². The van der Waals surface area contributed by atoms with E-state index in [9.17, 15) is 14.4 Å². The molecule has 0 fully saturated rings. The van der Waals surface area contributed by atoms with Gasteiger partial charge in [-0.2, -0.15) is 4.57 Å². The van der Waals surface area contributed by atoms with Crippen molar-refractivity contribution in [3.8, 4) is 22.8 Å². The molecule has 0 bridgehead atoms. The zero-order valence-electron chi connectivity index (χ0n) is 19.3. The lowest BCUT2D eigenvalue weighted by Crippen LogP contribution is -2.42. The number of nitrogens with zero attached hydrogens (tertiary/aromatic N) is 2. The minimum Gasteiger partial charge on any atom is -0.483 e. The summed E-state index contributed by atoms with van der Waals surface area (Å²) in [6, 6.07) is 11.8. The number of rotatable bonds is 9. The fraction of sp³-hybridized carbons (Fsp3) is 0.240. The Labute approximate surface area is 200 Å². The molecule has 10 nitrogen and oxygen atoms in total. The molecular weight excluding hydrogens is 452 g/mol. The third kappa shape index (κ3) is 4.91. The number of ether oxygens (including phenoxy) is 1. The molecule has 35 heavy (non-hydrogen) atoms. The number of aromatic amines is 1. The van der Waals surface area contributed by atoms with Gasteiger partial charge in [-0.15, -0.1) is 5.10 Å². The predicted octanol–water partition coefficient (Wildman–Crippen LogP) is 2.38. The highest BCUT2D eigenvalue weighted by Crippen LogP contribution is 2.27. The lowest BCUT2D eigenvalue weighted by atomic mass is 10.1. The number of aliphatic carboxylic acids is 1. The van der Waals surface area contributed by atoms with Gasteiger partial charge >= 0.3 is 5.97 Å². The summed E-state index contributed by atoms with van der Waals surface area (Å²) in [6.07, 6.45) is 3.74. The summed E-state index contributed by atoms with van der Waals surface area (Å²) in [7, 11) is 0. The molecule has 0 radical (unpaired) electrons. The number of benzene rings is 2. The van der Waals surface area contributed by atoms with Crippen LogP contribution in [-0.4, -0.2) is 39.8 Å². The lowest BCUT2D eigenvalue weighted by molar-refractivity contribution is -0.584. The third-order valence-corrected chi connectivity index (χ3v) is 5.61. The first kappa shape index (κ1) is 23.7. The van der Waals surface area contributed by atoms with Crippen molar-refractivity contribution in [3.63, 3.8) is 0 Å². The van der Waals surface area contributed by atoms with Gasteiger partial charge in [0.25, 0.3) is 18.1 Å². The molecule has 0 saturated carbocycles. The van der Waals surface area contributed by atoms with Crippen LogP contribution in [0.2, 0.25) is 0 Å². The van der Waals surface area contributed by atoms with Crippen LogP contribution in [0, 0.1) is 0 Å². The third-order valence-electron chi connectivity index (χ3n) is 5.61. The van der Waals surface area contributed by atoms with Gasteiger partial charge in [-0.1, -0.05) is 32.0 Å². The molecule has 0 spiro atoms. The maximum absolute atomic E-state index is 13.4. The topological polar surface area (TPSA) is 138 Å². The number of aromatic nitrogens is 3. The van der Waals surface area contributed by atoms with Gasteiger partial charge in [-0.3, -0.25) is 9.59 Å². The molecule has 2 aromatic carbocycles. The molecular formula is C25H25N4O6+. The lowest BCUT2D eigenvalue weighted by Gasteiger charge is -2.14. The van der Waals surface area contributed by atoms with E-state index in [0.29, 0.717) is 40.1 Å². The van der Waals surface area contributed by atoms with Gasteiger partial charge in [0.15, 0.2) is 6.61 Å². The fourth-order valence-electron chi connectivity index (χ4n) is 3.73. The largest absolute Gasteiger partial charge is 0.483 e. The van der Waals surface area contributed by atoms with Gasteiger partial charge < -0.3 is 19.6 Å². The Morgan fingerprint density at radius 3 is 2.69 bits per heavy atom. The second-order valence-corrected chi connectivity index (χ2v) is 7.85. The highest BCUT2D eigenvalue weighted by atomic mass is 16.5. The second-order valence-electron chi connectivity index (χ2n) is 7.85. The summed E-state index contributed by atoms with van der Waals surface area (Å²) in [5.74, 6) is -0.798. The average Bonchev–Trinajstić information content (AvgIpc) is 3.36. The Balaban J connectivity index is 1.64. The maximum atomic E-state index is 13.4. The molecule has 1 amide bonds. The fourth-order valence-corrected chi connectivity index (χ4v) is 3.73. The summed E-state index contributed by atoms with van der Waals surface area (Å²) in [6.45, 7) is 3.20. The van der Waals surface area contributed by atoms with E-state index in [1.165, 1.54) is 6.26 Å². The number of hydrogen-bond acceptors (Lipinski definition) is 6. The van der Waals surface area contributed by atoms with E-state index in [4.69, 9.17) is 14.3 Å². The number of carbonyl (C=O) groups is 2. The number of carboxylic acids is 1. The molecule has 0 aliphatic heterocycles. The highest BCUT2D eigenvalue weighted by Gasteiger charge is 2.22. The Bertz CT molecular complexity index is 1430. The van der Waals surface area contributed by atoms with E-state index in [2.05, 4.69) is 15.5 Å². The Hall–Kier alpha value is -4.47. The van der Waals surface area contributed by atoms with Crippen molar-refractivity contribution in [1.82, 2.24) is 15.5 Å². The zero-order valence-corrected chi connectivity index (χ0v) is 19.3. The standard InChI is InChI=1S/C25H24N4O6/c1-3-15-10-17-21(11-20(15)35-13-22(30)27-19(4-2)25(32)33)34-12-18(23(17)31)24-28-26-14-29(24)16-8-6-5-7-9-16/h5-12,14,19H,3-4,13H2,1-2H3,(H2,27,30,32,33)/p+1. The van der Waals surface area contributed by atoms with Crippen LogP contribution in [0.1, 0.15) is 25.8 Å². The Morgan fingerprint density at radius 1 is 1.23 bits per heavy atom. The monoisotopic (exact) mass is 477 g/mol. The second kappa shape index (κ2) is 10.2. The van der Waals surface area contributed by atoms with Crippen molar-refractivity contribution < 1.29 is 28.4 Å². The number of H-pyrrole nitrogens is 1. The molecule has 1 unspecified atom stereocenters. The van der Waals surface area contributed by atoms with Gasteiger partial charge in [-0.05, 0) is 36.6 Å². The van der Waals surface area contributed by atoms with Crippen molar-refractivity contribution in [1.29, 1.82) is 0 Å². The molecule has 10 heteroatoms. The first-order valence-corrected chi connectivity index (χ1v) is 11.2. The molecule has 0 saturated heterocycles. The number of nitrogens with one attached hydrogen (secondary N) is 2. The van der Waals surface area contributed by atoms with Crippen LogP contribution in [0.5, 0.6) is 5.75 Å². The van der Waals surface area contributed by atoms with Crippen molar-refractivity contribution >= 4 is 22.8 Å². The van der Waals surface area contributed by atoms with Crippen molar-refractivity contribution in [2.24, 2.45) is 0 Å². The number of para-hydroxylation sites is 1. The molecule has 0 aliphatic rings. The quantitative estimate of drug-likeness (QED) is 0.315. The molecule has 180 valence electrons. The first-order valence-electron chi connectivity index (χ1n) is 11.2. The van der Waals surface area contributed by atoms with E-state index >= 15 is 0 Å². The van der Waals surface area contributed by atoms with Gasteiger partial charge in [0.2, 0.25) is 5.43 Å². The smallest absolute Gasteiger partial charge is 0.326 e. The van der Waals surface area contributed by atoms with E-state index in [-0.39, 0.29) is 18.5 Å². The van der Waals surface area contributed by atoms with Gasteiger partial charge in [0.1, 0.15) is 34.9 Å². The molecule has 4 rings (SSSR count). The van der Waals surface area contributed by atoms with Crippen LogP contribution in [-0.2, 0) is 16.0 Å². The van der Waals surface area contributed by atoms with Crippen LogP contribution in [0.15, 0.2) is 64.3 Å². The SMILES string of the molecule is CCc1cc2c(=O)c(-c3[nH]nc[n+]3-c3ccccc3)coc2cc1OCC(=O)NC(CC)C(=O)O. The molecule has 2 aromatic heterocycles. The number of aryl methyl sites for hydroxylation is 1. The van der Waals surface area contributed by atoms with E-state index in [0.717, 1.165) is 5.69 Å². The molecule has 3 N–H and O–H groups in total. The average molecular weight is 477 g/mol. The first-order chi connectivity index (χ1) is 16.9. The van der Waals surface area contributed by atoms with Crippen molar-refractivity contribution in [3.05, 3.63) is 70.8 Å². The number of carboxylic acid groups (broad SMARTS) is 1. The summed E-state index contributed by atoms with van der Waals surface area (Å²) in [4.78, 5) is 36.7. The van der Waals surface area contributed by atoms with Crippen molar-refractivity contribution in [2.75, 3.05) is 6.61 Å². The summed E-state index contributed by atoms with van der Waals surface area (Å²) < 4.78 is 13.2. The van der Waals surface area contributed by atoms with Crippen molar-refractivity contribution in [2.45, 2.75) is 32.7 Å². The van der Waals surface area contributed by atoms with E-state index in [1.54, 1.807) is 30.0 Å². The number of hydrogen-bond donors (Lipinski definition) is 3. The van der Waals surface area contributed by atoms with Gasteiger partial charge in [0.05, 0.1) is 5.39 Å². The van der Waals surface area contributed by atoms with E-state index < -0.39 is 17.9 Å². The van der Waals surface area contributed by atoms with Crippen LogP contribution >= 0.6 is 0 Å². The van der Waals surface area contributed by atoms with Gasteiger partial charge in [-0.25, -0.2) is 4.79 Å². The number of carbonyl (C=O) groups excluding carboxylic acids is 1. The summed E-state index contributed by atoms with van der Waals surface area (Å²) in [5, 5.41) is 18.8. The minimum absolute atomic E-state index is 0.244. The normalized spacial score (nSPS) is 11.8. The van der Waals surface area contributed by atoms with Crippen LogP contribution in [0.3, 0.4) is 0 Å². The Morgan fingerprint density at radius 2 is 2.00 bits per heavy atom. The van der Waals surface area contributed by atoms with E-state index in [1.807, 2.05) is 37.3 Å². The Kier molecular flexibility index (Phi) is 6.91. The molecule has 4 aromatic rings. The van der Waals surface area contributed by atoms with Crippen LogP contribution in [0.25, 0.3) is 28.0 Å².